The summed E-state index contributed by atoms with van der Waals surface area (Å²) in [5.41, 5.74) is 1.27. The molecule has 0 spiro atoms. The second-order valence-corrected chi connectivity index (χ2v) is 8.84. The van der Waals surface area contributed by atoms with Crippen LogP contribution in [-0.4, -0.2) is 34.6 Å². The first-order chi connectivity index (χ1) is 13.6. The summed E-state index contributed by atoms with van der Waals surface area (Å²) < 4.78 is 38.4. The molecule has 0 radical (unpaired) electrons. The fourth-order valence-corrected chi connectivity index (χ4v) is 4.27. The first-order valence-electron chi connectivity index (χ1n) is 8.93. The number of halogens is 1. The molecule has 158 valence electrons. The smallest absolute Gasteiger partial charge is 0.244 e. The number of amides is 1. The van der Waals surface area contributed by atoms with E-state index in [0.29, 0.717) is 16.5 Å². The summed E-state index contributed by atoms with van der Waals surface area (Å²) >= 11 is 6.05. The number of hydrogen-bond donors (Lipinski definition) is 2. The third kappa shape index (κ3) is 5.62. The van der Waals surface area contributed by atoms with Gasteiger partial charge in [0.2, 0.25) is 15.9 Å². The van der Waals surface area contributed by atoms with Gasteiger partial charge in [-0.15, -0.1) is 0 Å². The predicted octanol–water partition coefficient (Wildman–Crippen LogP) is 3.79. The van der Waals surface area contributed by atoms with Crippen molar-refractivity contribution < 1.29 is 22.7 Å². The van der Waals surface area contributed by atoms with Gasteiger partial charge < -0.3 is 14.8 Å². The molecule has 2 aromatic carbocycles. The number of carbonyl (C=O) groups is 1. The number of rotatable bonds is 8. The van der Waals surface area contributed by atoms with Crippen molar-refractivity contribution >= 4 is 33.2 Å². The Balaban J connectivity index is 2.20. The molecule has 0 fully saturated rings. The molecule has 0 aromatic heterocycles. The molecule has 0 aliphatic rings. The highest BCUT2D eigenvalue weighted by atomic mass is 35.5. The number of nitrogens with one attached hydrogen (secondary N) is 2. The SMILES string of the molecule is COc1ccc(NC(=O)C(C)NS(=O)(=O)c2cc(C(C)C)ccc2OC)cc1Cl. The number of anilines is 1. The number of benzene rings is 2. The zero-order valence-electron chi connectivity index (χ0n) is 16.9. The number of sulfonamides is 1. The maximum absolute atomic E-state index is 12.9. The minimum absolute atomic E-state index is 0.0154. The van der Waals surface area contributed by atoms with Crippen molar-refractivity contribution in [3.05, 3.63) is 47.0 Å². The van der Waals surface area contributed by atoms with Crippen LogP contribution in [0.4, 0.5) is 5.69 Å². The predicted molar refractivity (Wildman–Crippen MR) is 114 cm³/mol. The Morgan fingerprint density at radius 1 is 1.00 bits per heavy atom. The lowest BCUT2D eigenvalue weighted by molar-refractivity contribution is -0.117. The highest BCUT2D eigenvalue weighted by molar-refractivity contribution is 7.89. The Bertz CT molecular complexity index is 992. The highest BCUT2D eigenvalue weighted by Crippen LogP contribution is 2.29. The van der Waals surface area contributed by atoms with Gasteiger partial charge >= 0.3 is 0 Å². The zero-order chi connectivity index (χ0) is 21.8. The third-order valence-electron chi connectivity index (χ3n) is 4.29. The second kappa shape index (κ2) is 9.47. The van der Waals surface area contributed by atoms with Crippen LogP contribution in [0.2, 0.25) is 5.02 Å². The third-order valence-corrected chi connectivity index (χ3v) is 6.15. The van der Waals surface area contributed by atoms with Crippen LogP contribution in [0.25, 0.3) is 0 Å². The summed E-state index contributed by atoms with van der Waals surface area (Å²) in [6.07, 6.45) is 0. The highest BCUT2D eigenvalue weighted by Gasteiger charge is 2.26. The number of ether oxygens (including phenoxy) is 2. The summed E-state index contributed by atoms with van der Waals surface area (Å²) in [7, 11) is -1.12. The van der Waals surface area contributed by atoms with Gasteiger partial charge in [-0.3, -0.25) is 4.79 Å². The van der Waals surface area contributed by atoms with Crippen LogP contribution in [0.3, 0.4) is 0 Å². The molecular formula is C20H25ClN2O5S. The van der Waals surface area contributed by atoms with E-state index in [1.165, 1.54) is 27.2 Å². The van der Waals surface area contributed by atoms with Gasteiger partial charge in [-0.25, -0.2) is 8.42 Å². The molecular weight excluding hydrogens is 416 g/mol. The molecule has 1 atom stereocenters. The van der Waals surface area contributed by atoms with E-state index in [0.717, 1.165) is 5.56 Å². The molecule has 0 heterocycles. The van der Waals surface area contributed by atoms with Crippen LogP contribution in [0.5, 0.6) is 11.5 Å². The Labute approximate surface area is 176 Å². The average Bonchev–Trinajstić information content (AvgIpc) is 2.67. The molecule has 0 saturated carbocycles. The number of hydrogen-bond acceptors (Lipinski definition) is 5. The lowest BCUT2D eigenvalue weighted by atomic mass is 10.0. The summed E-state index contributed by atoms with van der Waals surface area (Å²) in [5, 5.41) is 2.96. The standard InChI is InChI=1S/C20H25ClN2O5S/c1-12(2)14-6-8-18(28-5)19(10-14)29(25,26)23-13(3)20(24)22-15-7-9-17(27-4)16(21)11-15/h6-13,23H,1-5H3,(H,22,24). The van der Waals surface area contributed by atoms with Gasteiger partial charge in [0.15, 0.2) is 0 Å². The van der Waals surface area contributed by atoms with Gasteiger partial charge in [-0.2, -0.15) is 4.72 Å². The molecule has 0 bridgehead atoms. The molecule has 2 rings (SSSR count). The molecule has 2 aromatic rings. The summed E-state index contributed by atoms with van der Waals surface area (Å²) in [5.74, 6) is 0.274. The molecule has 0 saturated heterocycles. The van der Waals surface area contributed by atoms with Gasteiger partial charge in [-0.05, 0) is 48.7 Å². The average molecular weight is 441 g/mol. The molecule has 1 unspecified atom stereocenters. The van der Waals surface area contributed by atoms with Crippen molar-refractivity contribution in [2.24, 2.45) is 0 Å². The van der Waals surface area contributed by atoms with Crippen LogP contribution >= 0.6 is 11.6 Å². The summed E-state index contributed by atoms with van der Waals surface area (Å²) in [6.45, 7) is 5.38. The normalized spacial score (nSPS) is 12.5. The number of methoxy groups -OCH3 is 2. The topological polar surface area (TPSA) is 93.7 Å². The Morgan fingerprint density at radius 3 is 2.17 bits per heavy atom. The van der Waals surface area contributed by atoms with Crippen LogP contribution in [-0.2, 0) is 14.8 Å². The molecule has 29 heavy (non-hydrogen) atoms. The first kappa shape index (κ1) is 23.0. The van der Waals surface area contributed by atoms with Crippen LogP contribution in [0.1, 0.15) is 32.3 Å². The lowest BCUT2D eigenvalue weighted by Crippen LogP contribution is -2.41. The van der Waals surface area contributed by atoms with E-state index < -0.39 is 22.0 Å². The first-order valence-corrected chi connectivity index (χ1v) is 10.8. The summed E-state index contributed by atoms with van der Waals surface area (Å²) in [6, 6.07) is 8.68. The molecule has 7 nitrogen and oxygen atoms in total. The van der Waals surface area contributed by atoms with Crippen LogP contribution < -0.4 is 19.5 Å². The molecule has 0 aliphatic heterocycles. The minimum atomic E-state index is -4.00. The van der Waals surface area contributed by atoms with Crippen LogP contribution in [0, 0.1) is 0 Å². The largest absolute Gasteiger partial charge is 0.495 e. The molecule has 9 heteroatoms. The lowest BCUT2D eigenvalue weighted by Gasteiger charge is -2.17. The van der Waals surface area contributed by atoms with Crippen molar-refractivity contribution in [3.8, 4) is 11.5 Å². The molecule has 2 N–H and O–H groups in total. The Morgan fingerprint density at radius 2 is 1.62 bits per heavy atom. The molecule has 0 aliphatic carbocycles. The van der Waals surface area contributed by atoms with Gasteiger partial charge in [0.1, 0.15) is 16.4 Å². The van der Waals surface area contributed by atoms with Gasteiger partial charge in [0.05, 0.1) is 25.3 Å². The quantitative estimate of drug-likeness (QED) is 0.651. The fraction of sp³-hybridized carbons (Fsp3) is 0.350. The second-order valence-electron chi connectivity index (χ2n) is 6.75. The van der Waals surface area contributed by atoms with Crippen molar-refractivity contribution in [2.45, 2.75) is 37.6 Å². The maximum atomic E-state index is 12.9. The van der Waals surface area contributed by atoms with Crippen LogP contribution in [0.15, 0.2) is 41.3 Å². The van der Waals surface area contributed by atoms with Crippen molar-refractivity contribution in [2.75, 3.05) is 19.5 Å². The van der Waals surface area contributed by atoms with Gasteiger partial charge in [0.25, 0.3) is 0 Å². The zero-order valence-corrected chi connectivity index (χ0v) is 18.5. The van der Waals surface area contributed by atoms with E-state index >= 15 is 0 Å². The monoisotopic (exact) mass is 440 g/mol. The van der Waals surface area contributed by atoms with E-state index in [1.807, 2.05) is 19.9 Å². The van der Waals surface area contributed by atoms with E-state index in [2.05, 4.69) is 10.0 Å². The van der Waals surface area contributed by atoms with Gasteiger partial charge in [0, 0.05) is 5.69 Å². The minimum Gasteiger partial charge on any atom is -0.495 e. The van der Waals surface area contributed by atoms with Gasteiger partial charge in [-0.1, -0.05) is 31.5 Å². The van der Waals surface area contributed by atoms with Crippen molar-refractivity contribution in [1.29, 1.82) is 0 Å². The summed E-state index contributed by atoms with van der Waals surface area (Å²) in [4.78, 5) is 12.5. The molecule has 1 amide bonds. The Kier molecular flexibility index (Phi) is 7.51. The fourth-order valence-electron chi connectivity index (χ4n) is 2.61. The maximum Gasteiger partial charge on any atom is 0.244 e. The van der Waals surface area contributed by atoms with Crippen molar-refractivity contribution in [1.82, 2.24) is 4.72 Å². The number of carbonyl (C=O) groups excluding carboxylic acids is 1. The van der Waals surface area contributed by atoms with E-state index in [-0.39, 0.29) is 16.6 Å². The van der Waals surface area contributed by atoms with E-state index in [4.69, 9.17) is 21.1 Å². The van der Waals surface area contributed by atoms with Crippen molar-refractivity contribution in [3.63, 3.8) is 0 Å². The van der Waals surface area contributed by atoms with E-state index in [9.17, 15) is 13.2 Å². The van der Waals surface area contributed by atoms with E-state index in [1.54, 1.807) is 24.3 Å². The Hall–Kier alpha value is -2.29.